The Morgan fingerprint density at radius 2 is 1.07 bits per heavy atom. The summed E-state index contributed by atoms with van der Waals surface area (Å²) in [6.07, 6.45) is 1.10. The van der Waals surface area contributed by atoms with E-state index in [0.29, 0.717) is 0 Å². The molecule has 2 aromatic rings. The van der Waals surface area contributed by atoms with Crippen LogP contribution in [0.3, 0.4) is 0 Å². The van der Waals surface area contributed by atoms with E-state index in [-0.39, 0.29) is 25.8 Å². The summed E-state index contributed by atoms with van der Waals surface area (Å²) in [5.41, 5.74) is 5.75. The minimum Gasteiger partial charge on any atom is -0.0619 e. The maximum Gasteiger partial charge on any atom is 0 e. The van der Waals surface area contributed by atoms with Crippen LogP contribution in [-0.2, 0) is 6.42 Å². The zero-order chi connectivity index (χ0) is 8.67. The summed E-state index contributed by atoms with van der Waals surface area (Å²) in [5.74, 6) is 0. The summed E-state index contributed by atoms with van der Waals surface area (Å²) in [4.78, 5) is 0. The van der Waals surface area contributed by atoms with E-state index < -0.39 is 0 Å². The van der Waals surface area contributed by atoms with Crippen LogP contribution in [0.4, 0.5) is 0 Å². The molecule has 0 saturated carbocycles. The monoisotopic (exact) mass is 281 g/mol. The molecule has 1 aliphatic rings. The smallest absolute Gasteiger partial charge is 0 e. The Hall–Kier alpha value is -0.690. The third kappa shape index (κ3) is 1.40. The summed E-state index contributed by atoms with van der Waals surface area (Å²) in [5, 5.41) is 0. The van der Waals surface area contributed by atoms with Crippen LogP contribution in [0, 0.1) is 0 Å². The maximum atomic E-state index is 2.22. The second-order valence-electron chi connectivity index (χ2n) is 3.49. The van der Waals surface area contributed by atoms with Gasteiger partial charge in [0.05, 0.1) is 0 Å². The SMILES string of the molecule is [In].c1ccc2c(c1)Cc1ccccc1-2. The largest absolute Gasteiger partial charge is 0.0619 e. The van der Waals surface area contributed by atoms with Crippen LogP contribution >= 0.6 is 0 Å². The van der Waals surface area contributed by atoms with Gasteiger partial charge >= 0.3 is 0 Å². The molecule has 0 atom stereocenters. The molecule has 3 rings (SSSR count). The van der Waals surface area contributed by atoms with Crippen molar-refractivity contribution in [1.29, 1.82) is 0 Å². The van der Waals surface area contributed by atoms with Gasteiger partial charge in [0, 0.05) is 25.8 Å². The quantitative estimate of drug-likeness (QED) is 0.594. The van der Waals surface area contributed by atoms with E-state index >= 15 is 0 Å². The first kappa shape index (κ1) is 9.85. The van der Waals surface area contributed by atoms with Crippen molar-refractivity contribution in [2.75, 3.05) is 0 Å². The standard InChI is InChI=1S/C13H10.In/c1-3-7-12-10(5-1)9-11-6-2-4-8-13(11)12;/h1-8H,9H2;. The average molecular weight is 281 g/mol. The molecule has 0 spiro atoms. The molecule has 3 radical (unpaired) electrons. The number of hydrogen-bond acceptors (Lipinski definition) is 0. The first-order valence-corrected chi connectivity index (χ1v) is 4.61. The zero-order valence-electron chi connectivity index (χ0n) is 7.90. The van der Waals surface area contributed by atoms with Crippen LogP contribution in [0.5, 0.6) is 0 Å². The molecule has 0 bridgehead atoms. The van der Waals surface area contributed by atoms with Crippen molar-refractivity contribution in [3.63, 3.8) is 0 Å². The van der Waals surface area contributed by atoms with E-state index in [4.69, 9.17) is 0 Å². The molecule has 14 heavy (non-hydrogen) atoms. The first-order chi connectivity index (χ1) is 6.45. The fourth-order valence-corrected chi connectivity index (χ4v) is 2.08. The van der Waals surface area contributed by atoms with Crippen molar-refractivity contribution in [2.24, 2.45) is 0 Å². The molecule has 0 aromatic heterocycles. The minimum absolute atomic E-state index is 0. The second kappa shape index (κ2) is 3.82. The van der Waals surface area contributed by atoms with Gasteiger partial charge < -0.3 is 0 Å². The van der Waals surface area contributed by atoms with Gasteiger partial charge in [0.25, 0.3) is 0 Å². The summed E-state index contributed by atoms with van der Waals surface area (Å²) in [6.45, 7) is 0. The molecule has 0 amide bonds. The molecule has 65 valence electrons. The van der Waals surface area contributed by atoms with E-state index in [1.54, 1.807) is 0 Å². The van der Waals surface area contributed by atoms with Gasteiger partial charge in [0.15, 0.2) is 0 Å². The van der Waals surface area contributed by atoms with E-state index in [9.17, 15) is 0 Å². The first-order valence-electron chi connectivity index (χ1n) is 4.61. The Morgan fingerprint density at radius 1 is 0.643 bits per heavy atom. The Balaban J connectivity index is 0.000000750. The van der Waals surface area contributed by atoms with Gasteiger partial charge in [-0.15, -0.1) is 0 Å². The molecule has 1 aliphatic carbocycles. The predicted octanol–water partition coefficient (Wildman–Crippen LogP) is 2.88. The van der Waals surface area contributed by atoms with Gasteiger partial charge in [-0.25, -0.2) is 0 Å². The molecular weight excluding hydrogens is 271 g/mol. The van der Waals surface area contributed by atoms with Crippen molar-refractivity contribution in [1.82, 2.24) is 0 Å². The van der Waals surface area contributed by atoms with E-state index in [1.165, 1.54) is 22.3 Å². The molecule has 0 fully saturated rings. The Morgan fingerprint density at radius 3 is 1.57 bits per heavy atom. The molecule has 1 heteroatoms. The Labute approximate surface area is 103 Å². The maximum absolute atomic E-state index is 2.22. The topological polar surface area (TPSA) is 0 Å². The van der Waals surface area contributed by atoms with Crippen LogP contribution in [-0.4, -0.2) is 25.8 Å². The summed E-state index contributed by atoms with van der Waals surface area (Å²) in [7, 11) is 0. The van der Waals surface area contributed by atoms with Crippen LogP contribution < -0.4 is 0 Å². The van der Waals surface area contributed by atoms with Crippen molar-refractivity contribution >= 4 is 25.8 Å². The van der Waals surface area contributed by atoms with Crippen molar-refractivity contribution in [3.05, 3.63) is 59.7 Å². The van der Waals surface area contributed by atoms with Gasteiger partial charge in [-0.1, -0.05) is 48.5 Å². The summed E-state index contributed by atoms with van der Waals surface area (Å²) < 4.78 is 0. The van der Waals surface area contributed by atoms with Gasteiger partial charge in [0.1, 0.15) is 0 Å². The van der Waals surface area contributed by atoms with E-state index in [2.05, 4.69) is 48.5 Å². The van der Waals surface area contributed by atoms with Gasteiger partial charge in [-0.2, -0.15) is 0 Å². The van der Waals surface area contributed by atoms with Crippen LogP contribution in [0.1, 0.15) is 11.1 Å². The van der Waals surface area contributed by atoms with Crippen LogP contribution in [0.2, 0.25) is 0 Å². The zero-order valence-corrected chi connectivity index (χ0v) is 11.2. The summed E-state index contributed by atoms with van der Waals surface area (Å²) >= 11 is 0. The second-order valence-corrected chi connectivity index (χ2v) is 3.49. The van der Waals surface area contributed by atoms with Gasteiger partial charge in [-0.05, 0) is 28.7 Å². The molecule has 0 unspecified atom stereocenters. The summed E-state index contributed by atoms with van der Waals surface area (Å²) in [6, 6.07) is 17.3. The Kier molecular flexibility index (Phi) is 2.69. The third-order valence-electron chi connectivity index (χ3n) is 2.71. The third-order valence-corrected chi connectivity index (χ3v) is 2.71. The number of fused-ring (bicyclic) bond motifs is 3. The van der Waals surface area contributed by atoms with Gasteiger partial charge in [-0.3, -0.25) is 0 Å². The molecular formula is C13H10In. The number of rotatable bonds is 0. The number of benzene rings is 2. The van der Waals surface area contributed by atoms with Crippen molar-refractivity contribution < 1.29 is 0 Å². The fraction of sp³-hybridized carbons (Fsp3) is 0.0769. The molecule has 0 N–H and O–H groups in total. The van der Waals surface area contributed by atoms with Crippen molar-refractivity contribution in [2.45, 2.75) is 6.42 Å². The van der Waals surface area contributed by atoms with Crippen LogP contribution in [0.25, 0.3) is 11.1 Å². The Bertz CT molecular complexity index is 417. The number of hydrogen-bond donors (Lipinski definition) is 0. The van der Waals surface area contributed by atoms with E-state index in [0.717, 1.165) is 6.42 Å². The molecule has 0 nitrogen and oxygen atoms in total. The normalized spacial score (nSPS) is 11.4. The average Bonchev–Trinajstić information content (AvgIpc) is 2.56. The minimum atomic E-state index is 0. The van der Waals surface area contributed by atoms with E-state index in [1.807, 2.05) is 0 Å². The van der Waals surface area contributed by atoms with Crippen LogP contribution in [0.15, 0.2) is 48.5 Å². The molecule has 0 saturated heterocycles. The fourth-order valence-electron chi connectivity index (χ4n) is 2.08. The van der Waals surface area contributed by atoms with Gasteiger partial charge in [0.2, 0.25) is 0 Å². The molecule has 0 heterocycles. The van der Waals surface area contributed by atoms with Crippen molar-refractivity contribution in [3.8, 4) is 11.1 Å². The predicted molar refractivity (Wildman–Crippen MR) is 60.4 cm³/mol. The molecule has 0 aliphatic heterocycles. The molecule has 2 aromatic carbocycles.